The predicted octanol–water partition coefficient (Wildman–Crippen LogP) is 2.39. The second-order valence-corrected chi connectivity index (χ2v) is 3.70. The minimum Gasteiger partial charge on any atom is -0.294 e. The molecule has 0 heterocycles. The lowest BCUT2D eigenvalue weighted by Crippen LogP contribution is -2.05. The maximum Gasteiger partial charge on any atom is 0.167 e. The fraction of sp³-hybridized carbons (Fsp3) is 0.231. The molecule has 2 heteroatoms. The smallest absolute Gasteiger partial charge is 0.167 e. The molecule has 0 saturated carbocycles. The Morgan fingerprint density at radius 1 is 1.13 bits per heavy atom. The molecule has 0 aliphatic heterocycles. The lowest BCUT2D eigenvalue weighted by Gasteiger charge is -2.03. The normalized spacial score (nSPS) is 15.9. The second-order valence-electron chi connectivity index (χ2n) is 3.70. The zero-order valence-electron chi connectivity index (χ0n) is 8.62. The summed E-state index contributed by atoms with van der Waals surface area (Å²) in [7, 11) is 0. The van der Waals surface area contributed by atoms with Crippen LogP contribution in [0.15, 0.2) is 35.9 Å². The van der Waals surface area contributed by atoms with Crippen molar-refractivity contribution in [2.24, 2.45) is 0 Å². The first-order valence-electron chi connectivity index (χ1n) is 5.03. The van der Waals surface area contributed by atoms with Gasteiger partial charge in [0.2, 0.25) is 0 Å². The zero-order valence-corrected chi connectivity index (χ0v) is 8.62. The Balaban J connectivity index is 2.52. The Labute approximate surface area is 88.6 Å². The Morgan fingerprint density at radius 2 is 1.80 bits per heavy atom. The van der Waals surface area contributed by atoms with Crippen LogP contribution >= 0.6 is 0 Å². The molecule has 15 heavy (non-hydrogen) atoms. The minimum atomic E-state index is -0.114. The highest BCUT2D eigenvalue weighted by atomic mass is 16.1. The van der Waals surface area contributed by atoms with Crippen LogP contribution < -0.4 is 0 Å². The molecule has 1 aliphatic carbocycles. The summed E-state index contributed by atoms with van der Waals surface area (Å²) in [4.78, 5) is 22.9. The summed E-state index contributed by atoms with van der Waals surface area (Å²) in [6.45, 7) is 1.46. The number of rotatable bonds is 2. The third-order valence-corrected chi connectivity index (χ3v) is 2.66. The van der Waals surface area contributed by atoms with E-state index in [1.807, 2.05) is 30.3 Å². The fourth-order valence-electron chi connectivity index (χ4n) is 1.99. The van der Waals surface area contributed by atoms with Gasteiger partial charge in [0.1, 0.15) is 0 Å². The van der Waals surface area contributed by atoms with Gasteiger partial charge in [0.25, 0.3) is 0 Å². The molecular weight excluding hydrogens is 188 g/mol. The fourth-order valence-corrected chi connectivity index (χ4v) is 1.99. The standard InChI is InChI=1S/C13H12O2/c1-9(14)13-11(7-8-12(13)15)10-5-3-2-4-6-10/h2-6H,7-8H2,1H3. The van der Waals surface area contributed by atoms with Crippen molar-refractivity contribution in [3.63, 3.8) is 0 Å². The van der Waals surface area contributed by atoms with Crippen molar-refractivity contribution in [3.8, 4) is 0 Å². The molecule has 0 bridgehead atoms. The SMILES string of the molecule is CC(=O)C1=C(c2ccccc2)CCC1=O. The third kappa shape index (κ3) is 1.75. The molecule has 0 saturated heterocycles. The van der Waals surface area contributed by atoms with Crippen molar-refractivity contribution in [1.82, 2.24) is 0 Å². The summed E-state index contributed by atoms with van der Waals surface area (Å²) in [6.07, 6.45) is 1.16. The van der Waals surface area contributed by atoms with Gasteiger partial charge in [0.15, 0.2) is 11.6 Å². The van der Waals surface area contributed by atoms with Gasteiger partial charge in [-0.05, 0) is 24.5 Å². The summed E-state index contributed by atoms with van der Waals surface area (Å²) in [6, 6.07) is 9.65. The molecule has 1 aliphatic rings. The molecule has 0 radical (unpaired) electrons. The van der Waals surface area contributed by atoms with E-state index in [0.717, 1.165) is 11.1 Å². The molecule has 76 valence electrons. The maximum atomic E-state index is 11.5. The van der Waals surface area contributed by atoms with Crippen LogP contribution in [0.4, 0.5) is 0 Å². The summed E-state index contributed by atoms with van der Waals surface area (Å²) in [5.41, 5.74) is 2.31. The van der Waals surface area contributed by atoms with Crippen molar-refractivity contribution in [1.29, 1.82) is 0 Å². The van der Waals surface area contributed by atoms with E-state index < -0.39 is 0 Å². The van der Waals surface area contributed by atoms with E-state index in [1.165, 1.54) is 6.92 Å². The first kappa shape index (κ1) is 9.84. The monoisotopic (exact) mass is 200 g/mol. The largest absolute Gasteiger partial charge is 0.294 e. The van der Waals surface area contributed by atoms with Gasteiger partial charge in [-0.2, -0.15) is 0 Å². The average Bonchev–Trinajstić information content (AvgIpc) is 2.61. The molecule has 1 aromatic rings. The zero-order chi connectivity index (χ0) is 10.8. The Bertz CT molecular complexity index is 441. The summed E-state index contributed by atoms with van der Waals surface area (Å²) in [5.74, 6) is -0.127. The van der Waals surface area contributed by atoms with Crippen LogP contribution in [0.25, 0.3) is 5.57 Å². The van der Waals surface area contributed by atoms with Gasteiger partial charge in [0, 0.05) is 6.42 Å². The van der Waals surface area contributed by atoms with Gasteiger partial charge in [-0.3, -0.25) is 9.59 Å². The number of hydrogen-bond donors (Lipinski definition) is 0. The number of allylic oxidation sites excluding steroid dienone is 2. The van der Waals surface area contributed by atoms with Crippen molar-refractivity contribution >= 4 is 17.1 Å². The van der Waals surface area contributed by atoms with Crippen LogP contribution in [-0.2, 0) is 9.59 Å². The van der Waals surface area contributed by atoms with E-state index in [2.05, 4.69) is 0 Å². The van der Waals surface area contributed by atoms with Crippen LogP contribution in [0.3, 0.4) is 0 Å². The first-order chi connectivity index (χ1) is 7.20. The summed E-state index contributed by atoms with van der Waals surface area (Å²) < 4.78 is 0. The minimum absolute atomic E-state index is 0.0126. The molecular formula is C13H12O2. The highest BCUT2D eigenvalue weighted by molar-refractivity contribution is 6.26. The summed E-state index contributed by atoms with van der Waals surface area (Å²) >= 11 is 0. The van der Waals surface area contributed by atoms with Crippen LogP contribution in [0.2, 0.25) is 0 Å². The van der Waals surface area contributed by atoms with Crippen LogP contribution in [0.1, 0.15) is 25.3 Å². The van der Waals surface area contributed by atoms with Crippen molar-refractivity contribution in [3.05, 3.63) is 41.5 Å². The Morgan fingerprint density at radius 3 is 2.40 bits per heavy atom. The van der Waals surface area contributed by atoms with Gasteiger partial charge < -0.3 is 0 Å². The van der Waals surface area contributed by atoms with E-state index in [0.29, 0.717) is 18.4 Å². The Kier molecular flexibility index (Phi) is 2.50. The topological polar surface area (TPSA) is 34.1 Å². The van der Waals surface area contributed by atoms with Crippen LogP contribution in [0.5, 0.6) is 0 Å². The van der Waals surface area contributed by atoms with Crippen molar-refractivity contribution in [2.45, 2.75) is 19.8 Å². The van der Waals surface area contributed by atoms with Crippen LogP contribution in [0, 0.1) is 0 Å². The van der Waals surface area contributed by atoms with Gasteiger partial charge in [0.05, 0.1) is 5.57 Å². The van der Waals surface area contributed by atoms with Gasteiger partial charge >= 0.3 is 0 Å². The highest BCUT2D eigenvalue weighted by Crippen LogP contribution is 2.31. The molecule has 0 unspecified atom stereocenters. The number of Topliss-reactive ketones (excluding diaryl/α,β-unsaturated/α-hetero) is 2. The summed E-state index contributed by atoms with van der Waals surface area (Å²) in [5, 5.41) is 0. The number of carbonyl (C=O) groups is 2. The molecule has 0 N–H and O–H groups in total. The quantitative estimate of drug-likeness (QED) is 0.687. The molecule has 1 aromatic carbocycles. The van der Waals surface area contributed by atoms with E-state index in [-0.39, 0.29) is 11.6 Å². The molecule has 0 spiro atoms. The molecule has 0 fully saturated rings. The van der Waals surface area contributed by atoms with E-state index in [9.17, 15) is 9.59 Å². The van der Waals surface area contributed by atoms with Crippen molar-refractivity contribution < 1.29 is 9.59 Å². The Hall–Kier alpha value is -1.70. The molecule has 2 nitrogen and oxygen atoms in total. The number of benzene rings is 1. The highest BCUT2D eigenvalue weighted by Gasteiger charge is 2.26. The van der Waals surface area contributed by atoms with Crippen LogP contribution in [-0.4, -0.2) is 11.6 Å². The molecule has 0 amide bonds. The van der Waals surface area contributed by atoms with E-state index >= 15 is 0 Å². The molecule has 0 aromatic heterocycles. The predicted molar refractivity (Wildman–Crippen MR) is 58.3 cm³/mol. The van der Waals surface area contributed by atoms with Gasteiger partial charge in [-0.25, -0.2) is 0 Å². The molecule has 0 atom stereocenters. The second kappa shape index (κ2) is 3.81. The third-order valence-electron chi connectivity index (χ3n) is 2.66. The van der Waals surface area contributed by atoms with Gasteiger partial charge in [-0.15, -0.1) is 0 Å². The number of ketones is 2. The molecule has 2 rings (SSSR count). The van der Waals surface area contributed by atoms with E-state index in [4.69, 9.17) is 0 Å². The number of carbonyl (C=O) groups excluding carboxylic acids is 2. The maximum absolute atomic E-state index is 11.5. The van der Waals surface area contributed by atoms with E-state index in [1.54, 1.807) is 0 Å². The van der Waals surface area contributed by atoms with Gasteiger partial charge in [-0.1, -0.05) is 30.3 Å². The number of hydrogen-bond acceptors (Lipinski definition) is 2. The lowest BCUT2D eigenvalue weighted by molar-refractivity contribution is -0.119. The lowest BCUT2D eigenvalue weighted by atomic mass is 10.0. The average molecular weight is 200 g/mol. The first-order valence-corrected chi connectivity index (χ1v) is 5.03. The van der Waals surface area contributed by atoms with Crippen molar-refractivity contribution in [2.75, 3.05) is 0 Å².